The lowest BCUT2D eigenvalue weighted by molar-refractivity contribution is -0.136. The van der Waals surface area contributed by atoms with Gasteiger partial charge >= 0.3 is 5.97 Å². The van der Waals surface area contributed by atoms with E-state index in [2.05, 4.69) is 0 Å². The molecule has 6 heteroatoms. The SMILES string of the molecule is CC1CS(=O)(=O)c2ccccc2N1CCC(=O)O. The predicted octanol–water partition coefficient (Wildman–Crippen LogP) is 1.14. The van der Waals surface area contributed by atoms with Crippen molar-refractivity contribution in [3.05, 3.63) is 24.3 Å². The lowest BCUT2D eigenvalue weighted by Gasteiger charge is -2.36. The van der Waals surface area contributed by atoms with Crippen LogP contribution < -0.4 is 4.90 Å². The quantitative estimate of drug-likeness (QED) is 0.890. The Morgan fingerprint density at radius 3 is 2.78 bits per heavy atom. The zero-order valence-electron chi connectivity index (χ0n) is 10.0. The molecule has 5 nitrogen and oxygen atoms in total. The molecule has 1 aliphatic heterocycles. The van der Waals surface area contributed by atoms with Crippen molar-refractivity contribution < 1.29 is 18.3 Å². The molecule has 1 aromatic carbocycles. The van der Waals surface area contributed by atoms with Gasteiger partial charge in [0.25, 0.3) is 0 Å². The number of sulfone groups is 1. The van der Waals surface area contributed by atoms with E-state index in [4.69, 9.17) is 5.11 Å². The molecule has 0 saturated heterocycles. The second-order valence-electron chi connectivity index (χ2n) is 4.44. The van der Waals surface area contributed by atoms with Crippen LogP contribution in [0.3, 0.4) is 0 Å². The van der Waals surface area contributed by atoms with Gasteiger partial charge in [-0.05, 0) is 19.1 Å². The van der Waals surface area contributed by atoms with Gasteiger partial charge in [0.15, 0.2) is 9.84 Å². The maximum absolute atomic E-state index is 12.0. The average molecular weight is 269 g/mol. The third-order valence-corrected chi connectivity index (χ3v) is 5.01. The lowest BCUT2D eigenvalue weighted by atomic mass is 10.2. The van der Waals surface area contributed by atoms with Crippen LogP contribution in [0.1, 0.15) is 13.3 Å². The number of carboxylic acids is 1. The minimum atomic E-state index is -3.25. The molecule has 98 valence electrons. The molecular formula is C12H15NO4S. The summed E-state index contributed by atoms with van der Waals surface area (Å²) in [5.41, 5.74) is 0.609. The van der Waals surface area contributed by atoms with Crippen molar-refractivity contribution >= 4 is 21.5 Å². The molecule has 0 saturated carbocycles. The summed E-state index contributed by atoms with van der Waals surface area (Å²) in [6, 6.07) is 6.54. The van der Waals surface area contributed by atoms with Crippen LogP contribution in [0, 0.1) is 0 Å². The van der Waals surface area contributed by atoms with Crippen molar-refractivity contribution in [2.24, 2.45) is 0 Å². The van der Waals surface area contributed by atoms with E-state index in [1.54, 1.807) is 31.2 Å². The number of hydrogen-bond acceptors (Lipinski definition) is 4. The van der Waals surface area contributed by atoms with Crippen LogP contribution in [0.25, 0.3) is 0 Å². The summed E-state index contributed by atoms with van der Waals surface area (Å²) in [6.07, 6.45) is -0.00127. The van der Waals surface area contributed by atoms with Crippen LogP contribution in [0.5, 0.6) is 0 Å². The Bertz CT molecular complexity index is 567. The Morgan fingerprint density at radius 2 is 2.11 bits per heavy atom. The van der Waals surface area contributed by atoms with Gasteiger partial charge in [0.1, 0.15) is 0 Å². The molecule has 0 radical (unpaired) electrons. The Morgan fingerprint density at radius 1 is 1.44 bits per heavy atom. The van der Waals surface area contributed by atoms with E-state index in [-0.39, 0.29) is 18.2 Å². The molecule has 1 atom stereocenters. The number of aliphatic carboxylic acids is 1. The van der Waals surface area contributed by atoms with Gasteiger partial charge in [-0.25, -0.2) is 8.42 Å². The molecule has 0 amide bonds. The molecule has 1 N–H and O–H groups in total. The molecule has 1 heterocycles. The van der Waals surface area contributed by atoms with Crippen molar-refractivity contribution in [1.29, 1.82) is 0 Å². The van der Waals surface area contributed by atoms with Gasteiger partial charge in [-0.15, -0.1) is 0 Å². The number of hydrogen-bond donors (Lipinski definition) is 1. The van der Waals surface area contributed by atoms with Crippen LogP contribution >= 0.6 is 0 Å². The normalized spacial score (nSPS) is 21.4. The van der Waals surface area contributed by atoms with Crippen LogP contribution in [0.2, 0.25) is 0 Å². The molecule has 1 aromatic rings. The maximum atomic E-state index is 12.0. The number of benzene rings is 1. The van der Waals surface area contributed by atoms with Gasteiger partial charge < -0.3 is 10.0 Å². The summed E-state index contributed by atoms with van der Waals surface area (Å²) in [5.74, 6) is -0.850. The highest BCUT2D eigenvalue weighted by molar-refractivity contribution is 7.91. The van der Waals surface area contributed by atoms with Crippen LogP contribution in [0.15, 0.2) is 29.2 Å². The molecule has 0 spiro atoms. The second kappa shape index (κ2) is 4.61. The summed E-state index contributed by atoms with van der Waals surface area (Å²) in [6.45, 7) is 2.12. The topological polar surface area (TPSA) is 74.7 Å². The number of carboxylic acid groups (broad SMARTS) is 1. The van der Waals surface area contributed by atoms with Gasteiger partial charge in [0.2, 0.25) is 0 Å². The number of para-hydroxylation sites is 1. The molecule has 0 aromatic heterocycles. The Labute approximate surface area is 106 Å². The number of fused-ring (bicyclic) bond motifs is 1. The number of anilines is 1. The van der Waals surface area contributed by atoms with Crippen molar-refractivity contribution in [2.45, 2.75) is 24.3 Å². The minimum absolute atomic E-state index is 0.00127. The lowest BCUT2D eigenvalue weighted by Crippen LogP contribution is -2.43. The molecular weight excluding hydrogens is 254 g/mol. The van der Waals surface area contributed by atoms with Crippen molar-refractivity contribution in [3.8, 4) is 0 Å². The van der Waals surface area contributed by atoms with Gasteiger partial charge in [-0.1, -0.05) is 12.1 Å². The summed E-state index contributed by atoms with van der Waals surface area (Å²) in [4.78, 5) is 12.8. The van der Waals surface area contributed by atoms with E-state index in [1.807, 2.05) is 4.90 Å². The van der Waals surface area contributed by atoms with Crippen LogP contribution in [0.4, 0.5) is 5.69 Å². The summed E-state index contributed by atoms with van der Waals surface area (Å²) in [5, 5.41) is 8.74. The minimum Gasteiger partial charge on any atom is -0.481 e. The molecule has 2 rings (SSSR count). The third-order valence-electron chi connectivity index (χ3n) is 3.07. The molecule has 0 bridgehead atoms. The third kappa shape index (κ3) is 2.33. The second-order valence-corrected chi connectivity index (χ2v) is 6.44. The number of rotatable bonds is 3. The largest absolute Gasteiger partial charge is 0.481 e. The van der Waals surface area contributed by atoms with E-state index < -0.39 is 15.8 Å². The fourth-order valence-electron chi connectivity index (χ4n) is 2.25. The fraction of sp³-hybridized carbons (Fsp3) is 0.417. The molecule has 18 heavy (non-hydrogen) atoms. The van der Waals surface area contributed by atoms with Crippen molar-refractivity contribution in [3.63, 3.8) is 0 Å². The smallest absolute Gasteiger partial charge is 0.305 e. The molecule has 1 unspecified atom stereocenters. The first kappa shape index (κ1) is 12.9. The standard InChI is InChI=1S/C12H15NO4S/c1-9-8-18(16,17)11-5-3-2-4-10(11)13(9)7-6-12(14)15/h2-5,9H,6-8H2,1H3,(H,14,15). The average Bonchev–Trinajstić information content (AvgIpc) is 2.27. The van der Waals surface area contributed by atoms with Gasteiger partial charge in [0.05, 0.1) is 22.8 Å². The van der Waals surface area contributed by atoms with E-state index in [9.17, 15) is 13.2 Å². The Hall–Kier alpha value is -1.56. The zero-order valence-corrected chi connectivity index (χ0v) is 10.9. The molecule has 0 fully saturated rings. The van der Waals surface area contributed by atoms with Gasteiger partial charge in [-0.2, -0.15) is 0 Å². The first-order chi connectivity index (χ1) is 8.42. The van der Waals surface area contributed by atoms with Gasteiger partial charge in [0, 0.05) is 12.6 Å². The van der Waals surface area contributed by atoms with Crippen LogP contribution in [-0.2, 0) is 14.6 Å². The van der Waals surface area contributed by atoms with Gasteiger partial charge in [-0.3, -0.25) is 4.79 Å². The Balaban J connectivity index is 2.40. The first-order valence-corrected chi connectivity index (χ1v) is 7.37. The van der Waals surface area contributed by atoms with Crippen molar-refractivity contribution in [1.82, 2.24) is 0 Å². The first-order valence-electron chi connectivity index (χ1n) is 5.72. The maximum Gasteiger partial charge on any atom is 0.305 e. The van der Waals surface area contributed by atoms with E-state index in [0.29, 0.717) is 17.1 Å². The molecule has 0 aliphatic carbocycles. The summed E-state index contributed by atoms with van der Waals surface area (Å²) < 4.78 is 24.0. The zero-order chi connectivity index (χ0) is 13.3. The van der Waals surface area contributed by atoms with Crippen molar-refractivity contribution in [2.75, 3.05) is 17.2 Å². The monoisotopic (exact) mass is 269 g/mol. The van der Waals surface area contributed by atoms with Crippen LogP contribution in [-0.4, -0.2) is 37.8 Å². The van der Waals surface area contributed by atoms with E-state index in [0.717, 1.165) is 0 Å². The number of nitrogens with zero attached hydrogens (tertiary/aromatic N) is 1. The highest BCUT2D eigenvalue weighted by Gasteiger charge is 2.32. The van der Waals surface area contributed by atoms with E-state index in [1.165, 1.54) is 0 Å². The van der Waals surface area contributed by atoms with E-state index >= 15 is 0 Å². The fourth-order valence-corrected chi connectivity index (χ4v) is 4.03. The molecule has 1 aliphatic rings. The highest BCUT2D eigenvalue weighted by Crippen LogP contribution is 2.33. The predicted molar refractivity (Wildman–Crippen MR) is 67.6 cm³/mol. The Kier molecular flexibility index (Phi) is 3.30. The summed E-state index contributed by atoms with van der Waals surface area (Å²) in [7, 11) is -3.25. The number of carbonyl (C=O) groups is 1. The highest BCUT2D eigenvalue weighted by atomic mass is 32.2. The summed E-state index contributed by atoms with van der Waals surface area (Å²) >= 11 is 0.